The number of anilines is 2. The monoisotopic (exact) mass is 291 g/mol. The highest BCUT2D eigenvalue weighted by Crippen LogP contribution is 2.11. The Bertz CT molecular complexity index is 531. The number of hydrogen-bond acceptors (Lipinski definition) is 6. The summed E-state index contributed by atoms with van der Waals surface area (Å²) in [6, 6.07) is 5.26. The van der Waals surface area contributed by atoms with Gasteiger partial charge in [0.25, 0.3) is 0 Å². The van der Waals surface area contributed by atoms with Gasteiger partial charge < -0.3 is 21.1 Å². The molecule has 0 fully saturated rings. The van der Waals surface area contributed by atoms with Gasteiger partial charge in [-0.3, -0.25) is 0 Å². The number of nitrogens with zero attached hydrogens (tertiary/aromatic N) is 2. The number of ether oxygens (including phenoxy) is 1. The molecule has 0 aromatic carbocycles. The van der Waals surface area contributed by atoms with Crippen molar-refractivity contribution in [3.63, 3.8) is 0 Å². The summed E-state index contributed by atoms with van der Waals surface area (Å²) in [6.07, 6.45) is 0.271. The van der Waals surface area contributed by atoms with Gasteiger partial charge in [0.15, 0.2) is 5.69 Å². The van der Waals surface area contributed by atoms with Crippen LogP contribution < -0.4 is 16.4 Å². The minimum Gasteiger partial charge on any atom is -0.444 e. The van der Waals surface area contributed by atoms with Gasteiger partial charge in [0.05, 0.1) is 5.69 Å². The molecule has 0 radical (unpaired) electrons. The van der Waals surface area contributed by atoms with Crippen LogP contribution in [0.2, 0.25) is 0 Å². The Balaban J connectivity index is 2.26. The first kappa shape index (κ1) is 16.6. The molecule has 1 aromatic heterocycles. The van der Waals surface area contributed by atoms with Crippen LogP contribution in [0.25, 0.3) is 0 Å². The summed E-state index contributed by atoms with van der Waals surface area (Å²) in [6.45, 7) is 6.54. The lowest BCUT2D eigenvalue weighted by Crippen LogP contribution is -2.33. The fraction of sp³-hybridized carbons (Fsp3) is 0.500. The normalized spacial score (nSPS) is 10.6. The summed E-state index contributed by atoms with van der Waals surface area (Å²) in [4.78, 5) is 15.5. The molecular formula is C14H21N5O2. The number of amides is 1. The first-order valence-electron chi connectivity index (χ1n) is 6.69. The summed E-state index contributed by atoms with van der Waals surface area (Å²) in [5.41, 5.74) is 5.65. The van der Waals surface area contributed by atoms with Crippen molar-refractivity contribution in [2.24, 2.45) is 0 Å². The van der Waals surface area contributed by atoms with Gasteiger partial charge in [0, 0.05) is 13.1 Å². The van der Waals surface area contributed by atoms with Crippen LogP contribution in [0, 0.1) is 11.3 Å². The number of nitriles is 1. The first-order valence-corrected chi connectivity index (χ1v) is 6.69. The van der Waals surface area contributed by atoms with Crippen molar-refractivity contribution in [1.29, 1.82) is 5.26 Å². The number of carbonyl (C=O) groups is 1. The lowest BCUT2D eigenvalue weighted by Gasteiger charge is -2.19. The van der Waals surface area contributed by atoms with Gasteiger partial charge in [0.2, 0.25) is 0 Å². The minimum absolute atomic E-state index is 0.201. The maximum absolute atomic E-state index is 11.4. The van der Waals surface area contributed by atoms with E-state index >= 15 is 0 Å². The summed E-state index contributed by atoms with van der Waals surface area (Å²) >= 11 is 0. The Kier molecular flexibility index (Phi) is 5.79. The van der Waals surface area contributed by atoms with E-state index in [9.17, 15) is 4.79 Å². The second-order valence-electron chi connectivity index (χ2n) is 5.46. The number of aromatic nitrogens is 1. The van der Waals surface area contributed by atoms with E-state index in [0.717, 1.165) is 0 Å². The number of nitrogens with one attached hydrogen (secondary N) is 2. The molecule has 1 heterocycles. The molecule has 4 N–H and O–H groups in total. The zero-order chi connectivity index (χ0) is 15.9. The van der Waals surface area contributed by atoms with Gasteiger partial charge in [0.1, 0.15) is 17.5 Å². The fourth-order valence-corrected chi connectivity index (χ4v) is 1.47. The van der Waals surface area contributed by atoms with Crippen molar-refractivity contribution < 1.29 is 9.53 Å². The lowest BCUT2D eigenvalue weighted by molar-refractivity contribution is 0.0528. The third-order valence-electron chi connectivity index (χ3n) is 2.36. The van der Waals surface area contributed by atoms with Crippen LogP contribution in [0.15, 0.2) is 12.1 Å². The van der Waals surface area contributed by atoms with Crippen molar-refractivity contribution >= 4 is 17.6 Å². The van der Waals surface area contributed by atoms with E-state index in [4.69, 9.17) is 15.7 Å². The molecule has 0 aliphatic heterocycles. The highest BCUT2D eigenvalue weighted by molar-refractivity contribution is 5.67. The largest absolute Gasteiger partial charge is 0.444 e. The van der Waals surface area contributed by atoms with Crippen LogP contribution in [0.4, 0.5) is 16.3 Å². The average Bonchev–Trinajstić information content (AvgIpc) is 2.38. The summed E-state index contributed by atoms with van der Waals surface area (Å²) < 4.78 is 5.11. The standard InChI is InChI=1S/C14H21N5O2/c1-14(2,3)21-13(20)18-8-4-7-17-12-6-5-10(16)11(9-15)19-12/h5-6H,4,7-8,16H2,1-3H3,(H,17,19)(H,18,20). The topological polar surface area (TPSA) is 113 Å². The summed E-state index contributed by atoms with van der Waals surface area (Å²) in [5, 5.41) is 14.5. The van der Waals surface area contributed by atoms with Crippen molar-refractivity contribution in [2.45, 2.75) is 32.8 Å². The molecular weight excluding hydrogens is 270 g/mol. The van der Waals surface area contributed by atoms with Crippen LogP contribution in [0.3, 0.4) is 0 Å². The van der Waals surface area contributed by atoms with Gasteiger partial charge in [-0.25, -0.2) is 9.78 Å². The number of rotatable bonds is 5. The molecule has 7 nitrogen and oxygen atoms in total. The zero-order valence-corrected chi connectivity index (χ0v) is 12.6. The zero-order valence-electron chi connectivity index (χ0n) is 12.6. The number of carbonyl (C=O) groups excluding carboxylic acids is 1. The van der Waals surface area contributed by atoms with Gasteiger partial charge in [-0.15, -0.1) is 0 Å². The third-order valence-corrected chi connectivity index (χ3v) is 2.36. The predicted molar refractivity (Wildman–Crippen MR) is 80.7 cm³/mol. The molecule has 0 atom stereocenters. The maximum atomic E-state index is 11.4. The Morgan fingerprint density at radius 1 is 1.43 bits per heavy atom. The van der Waals surface area contributed by atoms with E-state index in [-0.39, 0.29) is 5.69 Å². The fourth-order valence-electron chi connectivity index (χ4n) is 1.47. The van der Waals surface area contributed by atoms with E-state index in [1.54, 1.807) is 12.1 Å². The van der Waals surface area contributed by atoms with Crippen LogP contribution in [0.5, 0.6) is 0 Å². The second kappa shape index (κ2) is 7.33. The van der Waals surface area contributed by atoms with Gasteiger partial charge >= 0.3 is 6.09 Å². The van der Waals surface area contributed by atoms with Gasteiger partial charge in [-0.05, 0) is 39.3 Å². The molecule has 1 amide bonds. The van der Waals surface area contributed by atoms with E-state index in [1.165, 1.54) is 0 Å². The highest BCUT2D eigenvalue weighted by atomic mass is 16.6. The minimum atomic E-state index is -0.496. The van der Waals surface area contributed by atoms with Crippen molar-refractivity contribution in [2.75, 3.05) is 24.1 Å². The quantitative estimate of drug-likeness (QED) is 0.714. The van der Waals surface area contributed by atoms with E-state index in [0.29, 0.717) is 31.0 Å². The van der Waals surface area contributed by atoms with Crippen LogP contribution >= 0.6 is 0 Å². The molecule has 0 saturated carbocycles. The third kappa shape index (κ3) is 6.47. The molecule has 7 heteroatoms. The average molecular weight is 291 g/mol. The number of alkyl carbamates (subject to hydrolysis) is 1. The smallest absolute Gasteiger partial charge is 0.407 e. The van der Waals surface area contributed by atoms with E-state index in [2.05, 4.69) is 15.6 Å². The Morgan fingerprint density at radius 2 is 2.14 bits per heavy atom. The lowest BCUT2D eigenvalue weighted by atomic mass is 10.2. The maximum Gasteiger partial charge on any atom is 0.407 e. The predicted octanol–water partition coefficient (Wildman–Crippen LogP) is 1.86. The number of hydrogen-bond donors (Lipinski definition) is 3. The van der Waals surface area contributed by atoms with Crippen molar-refractivity contribution in [3.8, 4) is 6.07 Å². The molecule has 21 heavy (non-hydrogen) atoms. The Morgan fingerprint density at radius 3 is 2.76 bits per heavy atom. The first-order chi connectivity index (χ1) is 9.81. The van der Waals surface area contributed by atoms with Crippen molar-refractivity contribution in [1.82, 2.24) is 10.3 Å². The van der Waals surface area contributed by atoms with Crippen LogP contribution in [-0.2, 0) is 4.74 Å². The molecule has 0 saturated heterocycles. The van der Waals surface area contributed by atoms with E-state index < -0.39 is 11.7 Å². The highest BCUT2D eigenvalue weighted by Gasteiger charge is 2.15. The molecule has 0 bridgehead atoms. The van der Waals surface area contributed by atoms with Gasteiger partial charge in [-0.2, -0.15) is 5.26 Å². The molecule has 0 unspecified atom stereocenters. The van der Waals surface area contributed by atoms with E-state index in [1.807, 2.05) is 26.8 Å². The molecule has 0 aliphatic rings. The molecule has 1 rings (SSSR count). The Hall–Kier alpha value is -2.49. The number of pyridine rings is 1. The second-order valence-corrected chi connectivity index (χ2v) is 5.46. The van der Waals surface area contributed by atoms with Crippen LogP contribution in [-0.4, -0.2) is 29.8 Å². The van der Waals surface area contributed by atoms with Crippen LogP contribution in [0.1, 0.15) is 32.9 Å². The molecule has 114 valence electrons. The molecule has 1 aromatic rings. The molecule has 0 aliphatic carbocycles. The summed E-state index contributed by atoms with van der Waals surface area (Å²) in [5.74, 6) is 0.581. The van der Waals surface area contributed by atoms with Crippen molar-refractivity contribution in [3.05, 3.63) is 17.8 Å². The number of nitrogens with two attached hydrogens (primary N) is 1. The SMILES string of the molecule is CC(C)(C)OC(=O)NCCCNc1ccc(N)c(C#N)n1. The van der Waals surface area contributed by atoms with Gasteiger partial charge in [-0.1, -0.05) is 0 Å². The molecule has 0 spiro atoms. The number of nitrogen functional groups attached to an aromatic ring is 1. The summed E-state index contributed by atoms with van der Waals surface area (Å²) in [7, 11) is 0. The Labute approximate surface area is 124 Å².